The molecule has 0 saturated heterocycles. The molecule has 0 N–H and O–H groups in total. The standard InChI is InChI=1S/C15H15N3O2S/c1-9-13(21-8-16-9)15(19)20-10(2)14-17-11-6-4-5-7-12(11)18(14)3/h4-8,10H,1-3H3/t10-/m1/s1. The number of hydrogen-bond acceptors (Lipinski definition) is 5. The highest BCUT2D eigenvalue weighted by atomic mass is 32.1. The summed E-state index contributed by atoms with van der Waals surface area (Å²) in [5, 5.41) is 0. The molecule has 0 amide bonds. The number of imidazole rings is 1. The van der Waals surface area contributed by atoms with Crippen LogP contribution >= 0.6 is 11.3 Å². The Balaban J connectivity index is 1.87. The molecular weight excluding hydrogens is 286 g/mol. The number of nitrogens with zero attached hydrogens (tertiary/aromatic N) is 3. The van der Waals surface area contributed by atoms with Gasteiger partial charge in [-0.25, -0.2) is 14.8 Å². The van der Waals surface area contributed by atoms with Crippen LogP contribution in [0.15, 0.2) is 29.8 Å². The minimum atomic E-state index is -0.420. The largest absolute Gasteiger partial charge is 0.450 e. The van der Waals surface area contributed by atoms with Gasteiger partial charge in [0.25, 0.3) is 0 Å². The summed E-state index contributed by atoms with van der Waals surface area (Å²) in [5.74, 6) is 0.376. The molecule has 1 atom stereocenters. The maximum Gasteiger partial charge on any atom is 0.350 e. The van der Waals surface area contributed by atoms with E-state index in [4.69, 9.17) is 4.74 Å². The number of esters is 1. The Hall–Kier alpha value is -2.21. The van der Waals surface area contributed by atoms with E-state index < -0.39 is 6.10 Å². The maximum atomic E-state index is 12.1. The number of carbonyl (C=O) groups is 1. The zero-order chi connectivity index (χ0) is 15.0. The van der Waals surface area contributed by atoms with Gasteiger partial charge in [-0.3, -0.25) is 0 Å². The van der Waals surface area contributed by atoms with Crippen molar-refractivity contribution in [2.45, 2.75) is 20.0 Å². The molecule has 0 aliphatic rings. The Morgan fingerprint density at radius 1 is 1.38 bits per heavy atom. The summed E-state index contributed by atoms with van der Waals surface area (Å²) >= 11 is 1.29. The molecule has 0 fully saturated rings. The molecule has 2 aromatic heterocycles. The van der Waals surface area contributed by atoms with Crippen molar-refractivity contribution in [2.75, 3.05) is 0 Å². The second-order valence-electron chi connectivity index (χ2n) is 4.83. The summed E-state index contributed by atoms with van der Waals surface area (Å²) < 4.78 is 7.47. The second-order valence-corrected chi connectivity index (χ2v) is 5.69. The van der Waals surface area contributed by atoms with Crippen molar-refractivity contribution < 1.29 is 9.53 Å². The van der Waals surface area contributed by atoms with Crippen LogP contribution in [0, 0.1) is 6.92 Å². The van der Waals surface area contributed by atoms with Gasteiger partial charge in [0.05, 0.1) is 22.2 Å². The van der Waals surface area contributed by atoms with E-state index >= 15 is 0 Å². The highest BCUT2D eigenvalue weighted by Gasteiger charge is 2.21. The highest BCUT2D eigenvalue weighted by Crippen LogP contribution is 2.24. The second kappa shape index (κ2) is 5.29. The summed E-state index contributed by atoms with van der Waals surface area (Å²) in [6.07, 6.45) is -0.420. The fourth-order valence-corrected chi connectivity index (χ4v) is 2.98. The molecule has 0 unspecified atom stereocenters. The zero-order valence-electron chi connectivity index (χ0n) is 12.0. The average molecular weight is 301 g/mol. The molecule has 3 aromatic rings. The Kier molecular flexibility index (Phi) is 3.47. The molecule has 0 saturated carbocycles. The lowest BCUT2D eigenvalue weighted by Gasteiger charge is -2.12. The van der Waals surface area contributed by atoms with Gasteiger partial charge >= 0.3 is 5.97 Å². The third-order valence-electron chi connectivity index (χ3n) is 3.40. The number of ether oxygens (including phenoxy) is 1. The lowest BCUT2D eigenvalue weighted by molar-refractivity contribution is 0.0320. The number of rotatable bonds is 3. The van der Waals surface area contributed by atoms with E-state index in [1.165, 1.54) is 11.3 Å². The molecule has 1 aromatic carbocycles. The van der Waals surface area contributed by atoms with Crippen LogP contribution in [0.4, 0.5) is 0 Å². The van der Waals surface area contributed by atoms with Crippen molar-refractivity contribution >= 4 is 28.3 Å². The van der Waals surface area contributed by atoms with Gasteiger partial charge in [0.2, 0.25) is 0 Å². The number of carbonyl (C=O) groups excluding carboxylic acids is 1. The minimum Gasteiger partial charge on any atom is -0.450 e. The molecular formula is C15H15N3O2S. The van der Waals surface area contributed by atoms with Crippen molar-refractivity contribution in [1.29, 1.82) is 0 Å². The molecule has 0 radical (unpaired) electrons. The van der Waals surface area contributed by atoms with Gasteiger partial charge < -0.3 is 9.30 Å². The minimum absolute atomic E-state index is 0.352. The van der Waals surface area contributed by atoms with Gasteiger partial charge in [-0.1, -0.05) is 12.1 Å². The predicted octanol–water partition coefficient (Wildman–Crippen LogP) is 3.26. The summed E-state index contributed by atoms with van der Waals surface area (Å²) in [4.78, 5) is 21.3. The molecule has 2 heterocycles. The summed E-state index contributed by atoms with van der Waals surface area (Å²) in [7, 11) is 1.92. The first-order chi connectivity index (χ1) is 10.1. The molecule has 0 aliphatic heterocycles. The third kappa shape index (κ3) is 2.42. The van der Waals surface area contributed by atoms with Gasteiger partial charge in [0, 0.05) is 7.05 Å². The maximum absolute atomic E-state index is 12.1. The molecule has 5 nitrogen and oxygen atoms in total. The van der Waals surface area contributed by atoms with Crippen LogP contribution in [0.2, 0.25) is 0 Å². The Morgan fingerprint density at radius 2 is 2.14 bits per heavy atom. The van der Waals surface area contributed by atoms with Gasteiger partial charge in [-0.15, -0.1) is 11.3 Å². The van der Waals surface area contributed by atoms with Gasteiger partial charge in [-0.2, -0.15) is 0 Å². The topological polar surface area (TPSA) is 57.0 Å². The Labute approximate surface area is 126 Å². The van der Waals surface area contributed by atoms with Crippen LogP contribution < -0.4 is 0 Å². The van der Waals surface area contributed by atoms with Crippen LogP contribution in [0.3, 0.4) is 0 Å². The van der Waals surface area contributed by atoms with E-state index in [0.717, 1.165) is 16.9 Å². The number of fused-ring (bicyclic) bond motifs is 1. The summed E-state index contributed by atoms with van der Waals surface area (Å²) in [6.45, 7) is 3.63. The molecule has 0 spiro atoms. The van der Waals surface area contributed by atoms with Crippen molar-refractivity contribution in [1.82, 2.24) is 14.5 Å². The Bertz CT molecular complexity index is 806. The average Bonchev–Trinajstić information content (AvgIpc) is 3.03. The van der Waals surface area contributed by atoms with E-state index in [-0.39, 0.29) is 5.97 Å². The smallest absolute Gasteiger partial charge is 0.350 e. The Morgan fingerprint density at radius 3 is 2.81 bits per heavy atom. The van der Waals surface area contributed by atoms with Crippen LogP contribution in [0.1, 0.15) is 34.2 Å². The van der Waals surface area contributed by atoms with Gasteiger partial charge in [-0.05, 0) is 26.0 Å². The number of aromatic nitrogens is 3. The van der Waals surface area contributed by atoms with Gasteiger partial charge in [0.1, 0.15) is 4.88 Å². The summed E-state index contributed by atoms with van der Waals surface area (Å²) in [5.41, 5.74) is 4.25. The van der Waals surface area contributed by atoms with Crippen LogP contribution in [-0.2, 0) is 11.8 Å². The van der Waals surface area contributed by atoms with Crippen molar-refractivity contribution in [3.8, 4) is 0 Å². The first-order valence-corrected chi connectivity index (χ1v) is 7.48. The van der Waals surface area contributed by atoms with Crippen LogP contribution in [0.5, 0.6) is 0 Å². The van der Waals surface area contributed by atoms with E-state index in [0.29, 0.717) is 10.6 Å². The number of thiazole rings is 1. The highest BCUT2D eigenvalue weighted by molar-refractivity contribution is 7.11. The first-order valence-electron chi connectivity index (χ1n) is 6.60. The molecule has 3 rings (SSSR count). The monoisotopic (exact) mass is 301 g/mol. The van der Waals surface area contributed by atoms with Crippen molar-refractivity contribution in [3.05, 3.63) is 46.2 Å². The number of aryl methyl sites for hydroxylation is 2. The summed E-state index contributed by atoms with van der Waals surface area (Å²) in [6, 6.07) is 7.84. The van der Waals surface area contributed by atoms with E-state index in [9.17, 15) is 4.79 Å². The van der Waals surface area contributed by atoms with Crippen LogP contribution in [-0.4, -0.2) is 20.5 Å². The normalized spacial score (nSPS) is 12.5. The van der Waals surface area contributed by atoms with Crippen molar-refractivity contribution in [2.24, 2.45) is 7.05 Å². The fourth-order valence-electron chi connectivity index (χ4n) is 2.29. The van der Waals surface area contributed by atoms with Crippen LogP contribution in [0.25, 0.3) is 11.0 Å². The molecule has 108 valence electrons. The zero-order valence-corrected chi connectivity index (χ0v) is 12.8. The lowest BCUT2D eigenvalue weighted by atomic mass is 10.3. The first kappa shape index (κ1) is 13.8. The molecule has 0 aliphatic carbocycles. The predicted molar refractivity (Wildman–Crippen MR) is 81.4 cm³/mol. The molecule has 21 heavy (non-hydrogen) atoms. The van der Waals surface area contributed by atoms with E-state index in [2.05, 4.69) is 9.97 Å². The van der Waals surface area contributed by atoms with E-state index in [1.54, 1.807) is 12.4 Å². The molecule has 0 bridgehead atoms. The number of para-hydroxylation sites is 2. The lowest BCUT2D eigenvalue weighted by Crippen LogP contribution is -2.12. The van der Waals surface area contributed by atoms with Gasteiger partial charge in [0.15, 0.2) is 11.9 Å². The number of benzene rings is 1. The molecule has 6 heteroatoms. The SMILES string of the molecule is Cc1ncsc1C(=O)O[C@H](C)c1nc2ccccc2n1C. The fraction of sp³-hybridized carbons (Fsp3) is 0.267. The van der Waals surface area contributed by atoms with Crippen molar-refractivity contribution in [3.63, 3.8) is 0 Å². The van der Waals surface area contributed by atoms with E-state index in [1.807, 2.05) is 42.8 Å². The number of hydrogen-bond donors (Lipinski definition) is 0. The third-order valence-corrected chi connectivity index (χ3v) is 4.31. The quantitative estimate of drug-likeness (QED) is 0.697.